The van der Waals surface area contributed by atoms with Gasteiger partial charge in [-0.3, -0.25) is 4.90 Å². The molecule has 0 aromatic carbocycles. The molecule has 15 heavy (non-hydrogen) atoms. The van der Waals surface area contributed by atoms with Crippen LogP contribution in [0.25, 0.3) is 0 Å². The molecule has 0 bridgehead atoms. The predicted molar refractivity (Wildman–Crippen MR) is 53.6 cm³/mol. The first kappa shape index (κ1) is 9.60. The average molecular weight is 211 g/mol. The molecule has 2 saturated heterocycles. The van der Waals surface area contributed by atoms with E-state index >= 15 is 0 Å². The Morgan fingerprint density at radius 3 is 2.67 bits per heavy atom. The third kappa shape index (κ3) is 1.76. The van der Waals surface area contributed by atoms with Crippen LogP contribution in [0.1, 0.15) is 25.7 Å². The van der Waals surface area contributed by atoms with Crippen molar-refractivity contribution in [2.24, 2.45) is 5.41 Å². The van der Waals surface area contributed by atoms with Crippen LogP contribution in [0.2, 0.25) is 0 Å². The Labute approximate surface area is 89.2 Å². The highest BCUT2D eigenvalue weighted by Gasteiger charge is 2.52. The van der Waals surface area contributed by atoms with E-state index in [-0.39, 0.29) is 6.10 Å². The molecule has 0 aromatic heterocycles. The maximum atomic E-state index is 10.7. The summed E-state index contributed by atoms with van der Waals surface area (Å²) < 4.78 is 5.48. The Morgan fingerprint density at radius 2 is 2.13 bits per heavy atom. The van der Waals surface area contributed by atoms with Crippen molar-refractivity contribution in [2.45, 2.75) is 37.9 Å². The van der Waals surface area contributed by atoms with E-state index in [1.54, 1.807) is 0 Å². The maximum absolute atomic E-state index is 10.7. The summed E-state index contributed by atoms with van der Waals surface area (Å²) in [6.45, 7) is 3.36. The lowest BCUT2D eigenvalue weighted by molar-refractivity contribution is -0.150. The molecule has 0 radical (unpaired) electrons. The van der Waals surface area contributed by atoms with Gasteiger partial charge in [-0.2, -0.15) is 0 Å². The molecule has 2 aliphatic heterocycles. The number of hydrogen-bond acceptors (Lipinski definition) is 3. The van der Waals surface area contributed by atoms with Crippen LogP contribution in [0, 0.1) is 5.41 Å². The minimum atomic E-state index is -0.806. The number of likely N-dealkylation sites (tertiary alicyclic amines) is 1. The van der Waals surface area contributed by atoms with Gasteiger partial charge in [0.25, 0.3) is 0 Å². The van der Waals surface area contributed by atoms with Gasteiger partial charge in [-0.25, -0.2) is 4.79 Å². The van der Waals surface area contributed by atoms with Gasteiger partial charge >= 0.3 is 5.97 Å². The van der Waals surface area contributed by atoms with Crippen molar-refractivity contribution in [3.8, 4) is 0 Å². The minimum Gasteiger partial charge on any atom is -0.479 e. The van der Waals surface area contributed by atoms with Gasteiger partial charge in [0.05, 0.1) is 6.10 Å². The number of aliphatic carboxylic acids is 1. The summed E-state index contributed by atoms with van der Waals surface area (Å²) in [5.74, 6) is -0.806. The van der Waals surface area contributed by atoms with Crippen molar-refractivity contribution in [1.29, 1.82) is 0 Å². The Kier molecular flexibility index (Phi) is 2.04. The number of carboxylic acid groups (broad SMARTS) is 1. The molecule has 0 amide bonds. The number of ether oxygens (including phenoxy) is 1. The van der Waals surface area contributed by atoms with E-state index in [1.807, 2.05) is 0 Å². The average Bonchev–Trinajstić information content (AvgIpc) is 2.76. The third-order valence-corrected chi connectivity index (χ3v) is 3.92. The van der Waals surface area contributed by atoms with Crippen LogP contribution >= 0.6 is 0 Å². The van der Waals surface area contributed by atoms with Gasteiger partial charge in [0.2, 0.25) is 0 Å². The molecule has 3 aliphatic rings. The summed E-state index contributed by atoms with van der Waals surface area (Å²) in [5, 5.41) is 8.79. The van der Waals surface area contributed by atoms with Crippen molar-refractivity contribution in [1.82, 2.24) is 4.90 Å². The van der Waals surface area contributed by atoms with Crippen molar-refractivity contribution >= 4 is 5.97 Å². The van der Waals surface area contributed by atoms with E-state index in [2.05, 4.69) is 4.90 Å². The van der Waals surface area contributed by atoms with Gasteiger partial charge in [-0.05, 0) is 31.1 Å². The Hall–Kier alpha value is -0.610. The smallest absolute Gasteiger partial charge is 0.332 e. The molecule has 4 nitrogen and oxygen atoms in total. The lowest BCUT2D eigenvalue weighted by Gasteiger charge is -2.41. The fourth-order valence-corrected chi connectivity index (χ4v) is 2.83. The second kappa shape index (κ2) is 3.19. The zero-order chi connectivity index (χ0) is 10.5. The van der Waals surface area contributed by atoms with Gasteiger partial charge in [0, 0.05) is 19.6 Å². The fourth-order valence-electron chi connectivity index (χ4n) is 2.83. The largest absolute Gasteiger partial charge is 0.479 e. The van der Waals surface area contributed by atoms with E-state index in [0.29, 0.717) is 11.8 Å². The van der Waals surface area contributed by atoms with Crippen LogP contribution in [0.5, 0.6) is 0 Å². The molecule has 3 fully saturated rings. The number of hydrogen-bond donors (Lipinski definition) is 1. The summed E-state index contributed by atoms with van der Waals surface area (Å²) >= 11 is 0. The molecule has 2 heterocycles. The van der Waals surface area contributed by atoms with Crippen LogP contribution < -0.4 is 0 Å². The van der Waals surface area contributed by atoms with Crippen LogP contribution in [-0.2, 0) is 9.53 Å². The molecule has 1 spiro atoms. The van der Waals surface area contributed by atoms with E-state index in [4.69, 9.17) is 9.84 Å². The van der Waals surface area contributed by atoms with Gasteiger partial charge in [0.1, 0.15) is 0 Å². The van der Waals surface area contributed by atoms with Crippen LogP contribution in [0.4, 0.5) is 0 Å². The molecule has 3 rings (SSSR count). The number of nitrogens with zero attached hydrogens (tertiary/aromatic N) is 1. The maximum Gasteiger partial charge on any atom is 0.332 e. The zero-order valence-corrected chi connectivity index (χ0v) is 8.82. The molecular formula is C11H17NO3. The zero-order valence-electron chi connectivity index (χ0n) is 8.82. The summed E-state index contributed by atoms with van der Waals surface area (Å²) in [5.41, 5.74) is 0.685. The highest BCUT2D eigenvalue weighted by Crippen LogP contribution is 2.52. The highest BCUT2D eigenvalue weighted by atomic mass is 16.5. The number of carbonyl (C=O) groups is 1. The van der Waals surface area contributed by atoms with Crippen molar-refractivity contribution in [2.75, 3.05) is 19.6 Å². The lowest BCUT2D eigenvalue weighted by Crippen LogP contribution is -2.51. The van der Waals surface area contributed by atoms with Crippen LogP contribution in [-0.4, -0.2) is 47.8 Å². The fraction of sp³-hybridized carbons (Fsp3) is 0.909. The van der Waals surface area contributed by atoms with Crippen molar-refractivity contribution in [3.63, 3.8) is 0 Å². The molecule has 1 N–H and O–H groups in total. The molecule has 0 aromatic rings. The van der Waals surface area contributed by atoms with E-state index in [1.165, 1.54) is 25.9 Å². The quantitative estimate of drug-likeness (QED) is 0.747. The van der Waals surface area contributed by atoms with Gasteiger partial charge < -0.3 is 9.84 Å². The normalized spacial score (nSPS) is 37.9. The standard InChI is InChI=1S/C11H17NO3/c13-10(14)9-2-1-8(15-9)5-12-6-11(7-12)3-4-11/h8-9H,1-7H2,(H,13,14). The highest BCUT2D eigenvalue weighted by molar-refractivity contribution is 5.72. The first-order chi connectivity index (χ1) is 7.17. The SMILES string of the molecule is O=C(O)C1CCC(CN2CC3(CC3)C2)O1. The van der Waals surface area contributed by atoms with Crippen LogP contribution in [0.15, 0.2) is 0 Å². The van der Waals surface area contributed by atoms with E-state index in [9.17, 15) is 4.79 Å². The Morgan fingerprint density at radius 1 is 1.40 bits per heavy atom. The summed E-state index contributed by atoms with van der Waals surface area (Å²) in [7, 11) is 0. The summed E-state index contributed by atoms with van der Waals surface area (Å²) in [6, 6.07) is 0. The minimum absolute atomic E-state index is 0.155. The molecule has 1 aliphatic carbocycles. The monoisotopic (exact) mass is 211 g/mol. The van der Waals surface area contributed by atoms with Gasteiger partial charge in [-0.1, -0.05) is 0 Å². The van der Waals surface area contributed by atoms with Gasteiger partial charge in [-0.15, -0.1) is 0 Å². The molecule has 4 heteroatoms. The third-order valence-electron chi connectivity index (χ3n) is 3.92. The second-order valence-corrected chi connectivity index (χ2v) is 5.33. The first-order valence-corrected chi connectivity index (χ1v) is 5.78. The summed E-state index contributed by atoms with van der Waals surface area (Å²) in [6.07, 6.45) is 3.98. The molecule has 2 unspecified atom stereocenters. The Bertz CT molecular complexity index is 280. The molecule has 1 saturated carbocycles. The number of carboxylic acids is 1. The summed E-state index contributed by atoms with van der Waals surface area (Å²) in [4.78, 5) is 13.1. The molecule has 84 valence electrons. The van der Waals surface area contributed by atoms with Crippen LogP contribution in [0.3, 0.4) is 0 Å². The van der Waals surface area contributed by atoms with Crippen molar-refractivity contribution < 1.29 is 14.6 Å². The van der Waals surface area contributed by atoms with Gasteiger partial charge in [0.15, 0.2) is 6.10 Å². The molecular weight excluding hydrogens is 194 g/mol. The molecule has 2 atom stereocenters. The van der Waals surface area contributed by atoms with Crippen molar-refractivity contribution in [3.05, 3.63) is 0 Å². The Balaban J connectivity index is 1.43. The predicted octanol–water partition coefficient (Wildman–Crippen LogP) is 0.714. The number of rotatable bonds is 3. The van der Waals surface area contributed by atoms with E-state index in [0.717, 1.165) is 13.0 Å². The topological polar surface area (TPSA) is 49.8 Å². The first-order valence-electron chi connectivity index (χ1n) is 5.78. The lowest BCUT2D eigenvalue weighted by atomic mass is 9.96. The van der Waals surface area contributed by atoms with E-state index < -0.39 is 12.1 Å². The second-order valence-electron chi connectivity index (χ2n) is 5.33.